The van der Waals surface area contributed by atoms with Crippen LogP contribution >= 0.6 is 0 Å². The minimum atomic E-state index is -2.90. The summed E-state index contributed by atoms with van der Waals surface area (Å²) in [6.45, 7) is 0.0300. The Morgan fingerprint density at radius 1 is 1.30 bits per heavy atom. The summed E-state index contributed by atoms with van der Waals surface area (Å²) >= 11 is 0. The highest BCUT2D eigenvalue weighted by atomic mass is 19.3. The number of esters is 1. The fraction of sp³-hybridized carbons (Fsp3) is 0.500. The van der Waals surface area contributed by atoms with Crippen molar-refractivity contribution in [3.05, 3.63) is 29.8 Å². The van der Waals surface area contributed by atoms with Gasteiger partial charge in [-0.15, -0.1) is 0 Å². The van der Waals surface area contributed by atoms with Crippen molar-refractivity contribution in [2.75, 3.05) is 19.7 Å². The highest BCUT2D eigenvalue weighted by Gasteiger charge is 2.29. The topological polar surface area (TPSA) is 55.8 Å². The van der Waals surface area contributed by atoms with Gasteiger partial charge in [0.2, 0.25) is 0 Å². The van der Waals surface area contributed by atoms with Gasteiger partial charge >= 0.3 is 12.6 Å². The maximum Gasteiger partial charge on any atom is 0.387 e. The number of carbonyl (C=O) groups excluding carboxylic acids is 2. The summed E-state index contributed by atoms with van der Waals surface area (Å²) in [6, 6.07) is 5.53. The highest BCUT2D eigenvalue weighted by molar-refractivity contribution is 5.94. The van der Waals surface area contributed by atoms with Gasteiger partial charge in [0.05, 0.1) is 12.5 Å². The van der Waals surface area contributed by atoms with Crippen LogP contribution in [0.2, 0.25) is 0 Å². The van der Waals surface area contributed by atoms with E-state index in [-0.39, 0.29) is 23.5 Å². The summed E-state index contributed by atoms with van der Waals surface area (Å²) < 4.78 is 33.5. The van der Waals surface area contributed by atoms with Crippen molar-refractivity contribution in [1.29, 1.82) is 0 Å². The molecule has 0 aliphatic carbocycles. The molecule has 0 spiro atoms. The van der Waals surface area contributed by atoms with E-state index >= 15 is 0 Å². The third-order valence-corrected chi connectivity index (χ3v) is 3.65. The molecule has 0 aromatic heterocycles. The molecule has 1 unspecified atom stereocenters. The van der Waals surface area contributed by atoms with Crippen LogP contribution in [0, 0.1) is 5.92 Å². The zero-order chi connectivity index (χ0) is 16.8. The number of nitrogens with zero attached hydrogens (tertiary/aromatic N) is 1. The number of amides is 1. The number of carbonyl (C=O) groups is 2. The lowest BCUT2D eigenvalue weighted by molar-refractivity contribution is -0.149. The predicted molar refractivity (Wildman–Crippen MR) is 78.3 cm³/mol. The number of piperidine rings is 1. The van der Waals surface area contributed by atoms with Crippen LogP contribution in [0.5, 0.6) is 5.75 Å². The number of benzene rings is 1. The van der Waals surface area contributed by atoms with Gasteiger partial charge in [0, 0.05) is 18.7 Å². The number of likely N-dealkylation sites (tertiary alicyclic amines) is 1. The van der Waals surface area contributed by atoms with Crippen molar-refractivity contribution in [1.82, 2.24) is 4.90 Å². The van der Waals surface area contributed by atoms with E-state index in [4.69, 9.17) is 4.74 Å². The molecule has 5 nitrogen and oxygen atoms in total. The largest absolute Gasteiger partial charge is 0.466 e. The monoisotopic (exact) mass is 327 g/mol. The summed E-state index contributed by atoms with van der Waals surface area (Å²) in [7, 11) is 0. The van der Waals surface area contributed by atoms with Gasteiger partial charge in [-0.05, 0) is 44.0 Å². The number of alkyl halides is 2. The fourth-order valence-electron chi connectivity index (χ4n) is 2.58. The van der Waals surface area contributed by atoms with Crippen LogP contribution in [-0.2, 0) is 9.53 Å². The quantitative estimate of drug-likeness (QED) is 0.780. The third kappa shape index (κ3) is 4.64. The lowest BCUT2D eigenvalue weighted by Crippen LogP contribution is -2.42. The van der Waals surface area contributed by atoms with Crippen LogP contribution in [0.3, 0.4) is 0 Å². The van der Waals surface area contributed by atoms with Crippen molar-refractivity contribution >= 4 is 11.9 Å². The normalized spacial score (nSPS) is 17.9. The number of hydrogen-bond acceptors (Lipinski definition) is 4. The summed E-state index contributed by atoms with van der Waals surface area (Å²) in [5.41, 5.74) is 0.371. The first-order valence-electron chi connectivity index (χ1n) is 7.52. The van der Waals surface area contributed by atoms with Crippen molar-refractivity contribution in [2.45, 2.75) is 26.4 Å². The molecule has 2 rings (SSSR count). The molecule has 23 heavy (non-hydrogen) atoms. The minimum Gasteiger partial charge on any atom is -0.466 e. The molecule has 0 bridgehead atoms. The molecule has 0 N–H and O–H groups in total. The summed E-state index contributed by atoms with van der Waals surface area (Å²) in [6.07, 6.45) is 1.42. The van der Waals surface area contributed by atoms with Crippen LogP contribution in [0.15, 0.2) is 24.3 Å². The first-order valence-corrected chi connectivity index (χ1v) is 7.52. The second-order valence-corrected chi connectivity index (χ2v) is 5.25. The molecule has 1 aliphatic rings. The Morgan fingerprint density at radius 3 is 2.61 bits per heavy atom. The van der Waals surface area contributed by atoms with E-state index in [1.807, 2.05) is 0 Å². The van der Waals surface area contributed by atoms with Crippen molar-refractivity contribution in [2.24, 2.45) is 5.92 Å². The fourth-order valence-corrected chi connectivity index (χ4v) is 2.58. The van der Waals surface area contributed by atoms with Gasteiger partial charge in [-0.3, -0.25) is 9.59 Å². The second kappa shape index (κ2) is 7.89. The van der Waals surface area contributed by atoms with Gasteiger partial charge in [0.25, 0.3) is 5.91 Å². The molecule has 1 heterocycles. The number of rotatable bonds is 5. The van der Waals surface area contributed by atoms with Crippen LogP contribution in [0.1, 0.15) is 30.1 Å². The van der Waals surface area contributed by atoms with Crippen LogP contribution in [-0.4, -0.2) is 43.1 Å². The minimum absolute atomic E-state index is 0.000376. The Kier molecular flexibility index (Phi) is 5.90. The Balaban J connectivity index is 2.00. The second-order valence-electron chi connectivity index (χ2n) is 5.25. The van der Waals surface area contributed by atoms with E-state index in [1.165, 1.54) is 24.3 Å². The molecule has 126 valence electrons. The molecule has 0 saturated carbocycles. The van der Waals surface area contributed by atoms with E-state index in [0.717, 1.165) is 6.42 Å². The molecule has 0 radical (unpaired) electrons. The summed E-state index contributed by atoms with van der Waals surface area (Å²) in [4.78, 5) is 25.8. The SMILES string of the molecule is CCOC(=O)C1CCCN(C(=O)c2ccc(OC(F)F)cc2)C1. The van der Waals surface area contributed by atoms with E-state index in [1.54, 1.807) is 11.8 Å². The zero-order valence-electron chi connectivity index (χ0n) is 12.8. The predicted octanol–water partition coefficient (Wildman–Crippen LogP) is 2.70. The van der Waals surface area contributed by atoms with Gasteiger partial charge in [0.15, 0.2) is 0 Å². The molecular formula is C16H19F2NO4. The highest BCUT2D eigenvalue weighted by Crippen LogP contribution is 2.21. The van der Waals surface area contributed by atoms with E-state index < -0.39 is 6.61 Å². The lowest BCUT2D eigenvalue weighted by Gasteiger charge is -2.31. The maximum atomic E-state index is 12.4. The van der Waals surface area contributed by atoms with Crippen molar-refractivity contribution in [3.63, 3.8) is 0 Å². The third-order valence-electron chi connectivity index (χ3n) is 3.65. The van der Waals surface area contributed by atoms with Crippen molar-refractivity contribution < 1.29 is 27.8 Å². The lowest BCUT2D eigenvalue weighted by atomic mass is 9.97. The van der Waals surface area contributed by atoms with Gasteiger partial charge in [-0.2, -0.15) is 8.78 Å². The molecule has 1 amide bonds. The molecule has 1 aromatic carbocycles. The van der Waals surface area contributed by atoms with Crippen LogP contribution in [0.4, 0.5) is 8.78 Å². The van der Waals surface area contributed by atoms with E-state index in [2.05, 4.69) is 4.74 Å². The Hall–Kier alpha value is -2.18. The number of ether oxygens (including phenoxy) is 2. The standard InChI is InChI=1S/C16H19F2NO4/c1-2-22-15(21)12-4-3-9-19(10-12)14(20)11-5-7-13(8-6-11)23-16(17)18/h5-8,12,16H,2-4,9-10H2,1H3. The molecule has 1 atom stereocenters. The van der Waals surface area contributed by atoms with Gasteiger partial charge < -0.3 is 14.4 Å². The van der Waals surface area contributed by atoms with Crippen molar-refractivity contribution in [3.8, 4) is 5.75 Å². The smallest absolute Gasteiger partial charge is 0.387 e. The Morgan fingerprint density at radius 2 is 2.00 bits per heavy atom. The number of halogens is 2. The summed E-state index contributed by atoms with van der Waals surface area (Å²) in [5, 5.41) is 0. The molecular weight excluding hydrogens is 308 g/mol. The molecule has 1 aliphatic heterocycles. The van der Waals surface area contributed by atoms with Crippen LogP contribution in [0.25, 0.3) is 0 Å². The summed E-state index contributed by atoms with van der Waals surface area (Å²) in [5.74, 6) is -0.832. The Bertz CT molecular complexity index is 548. The molecule has 1 fully saturated rings. The number of hydrogen-bond donors (Lipinski definition) is 0. The first kappa shape index (κ1) is 17.2. The molecule has 1 aromatic rings. The average Bonchev–Trinajstić information content (AvgIpc) is 2.55. The first-order chi connectivity index (χ1) is 11.0. The van der Waals surface area contributed by atoms with Gasteiger partial charge in [-0.1, -0.05) is 0 Å². The van der Waals surface area contributed by atoms with Crippen LogP contribution < -0.4 is 4.74 Å². The molecule has 7 heteroatoms. The van der Waals surface area contributed by atoms with Gasteiger partial charge in [0.1, 0.15) is 5.75 Å². The van der Waals surface area contributed by atoms with Gasteiger partial charge in [-0.25, -0.2) is 0 Å². The molecule has 1 saturated heterocycles. The average molecular weight is 327 g/mol. The Labute approximate surface area is 133 Å². The maximum absolute atomic E-state index is 12.4. The zero-order valence-corrected chi connectivity index (χ0v) is 12.8. The van der Waals surface area contributed by atoms with E-state index in [9.17, 15) is 18.4 Å². The van der Waals surface area contributed by atoms with E-state index in [0.29, 0.717) is 31.7 Å².